The van der Waals surface area contributed by atoms with Gasteiger partial charge in [0.2, 0.25) is 5.92 Å². The van der Waals surface area contributed by atoms with Crippen molar-refractivity contribution in [2.45, 2.75) is 31.6 Å². The summed E-state index contributed by atoms with van der Waals surface area (Å²) in [5.41, 5.74) is 6.64. The van der Waals surface area contributed by atoms with E-state index in [1.807, 2.05) is 31.6 Å². The highest BCUT2D eigenvalue weighted by molar-refractivity contribution is 6.01. The third kappa shape index (κ3) is 3.88. The van der Waals surface area contributed by atoms with Crippen molar-refractivity contribution >= 4 is 17.0 Å². The Balaban J connectivity index is 1.34. The molecule has 2 aliphatic carbocycles. The SMILES string of the molecule is Cn1cc(-c2ncnc3c2C(c2ccn4ncc(C(=O)NCC5CC(F)(F)C5)c4c2)=CCC3)cn1. The Kier molecular flexibility index (Phi) is 4.98. The summed E-state index contributed by atoms with van der Waals surface area (Å²) >= 11 is 0. The molecule has 178 valence electrons. The van der Waals surface area contributed by atoms with E-state index in [2.05, 4.69) is 31.6 Å². The van der Waals surface area contributed by atoms with Gasteiger partial charge >= 0.3 is 0 Å². The topological polar surface area (TPSA) is 90.0 Å². The summed E-state index contributed by atoms with van der Waals surface area (Å²) in [6, 6.07) is 3.89. The van der Waals surface area contributed by atoms with Crippen LogP contribution in [0.5, 0.6) is 0 Å². The van der Waals surface area contributed by atoms with Crippen molar-refractivity contribution < 1.29 is 13.6 Å². The summed E-state index contributed by atoms with van der Waals surface area (Å²) in [4.78, 5) is 22.0. The van der Waals surface area contributed by atoms with Crippen molar-refractivity contribution in [2.75, 3.05) is 6.54 Å². The molecule has 0 saturated heterocycles. The van der Waals surface area contributed by atoms with Crippen LogP contribution in [0.2, 0.25) is 0 Å². The minimum absolute atomic E-state index is 0.179. The quantitative estimate of drug-likeness (QED) is 0.476. The lowest BCUT2D eigenvalue weighted by molar-refractivity contribution is -0.108. The summed E-state index contributed by atoms with van der Waals surface area (Å²) in [5.74, 6) is -3.11. The van der Waals surface area contributed by atoms with Gasteiger partial charge in [0.15, 0.2) is 0 Å². The van der Waals surface area contributed by atoms with Crippen molar-refractivity contribution in [3.63, 3.8) is 0 Å². The predicted molar refractivity (Wildman–Crippen MR) is 125 cm³/mol. The van der Waals surface area contributed by atoms with E-state index in [1.54, 1.807) is 21.7 Å². The van der Waals surface area contributed by atoms with Crippen LogP contribution in [-0.4, -0.2) is 47.7 Å². The van der Waals surface area contributed by atoms with Crippen LogP contribution in [0.4, 0.5) is 8.78 Å². The van der Waals surface area contributed by atoms with Crippen LogP contribution in [0, 0.1) is 5.92 Å². The lowest BCUT2D eigenvalue weighted by atomic mass is 9.81. The van der Waals surface area contributed by atoms with Gasteiger partial charge in [-0.25, -0.2) is 23.3 Å². The number of fused-ring (bicyclic) bond motifs is 2. The molecule has 2 aliphatic rings. The number of carbonyl (C=O) groups excluding carboxylic acids is 1. The first kappa shape index (κ1) is 21.6. The number of hydrogen-bond donors (Lipinski definition) is 1. The van der Waals surface area contributed by atoms with Gasteiger partial charge in [0.25, 0.3) is 5.91 Å². The molecular formula is C25H23F2N7O. The Morgan fingerprint density at radius 2 is 2.06 bits per heavy atom. The molecule has 0 aliphatic heterocycles. The van der Waals surface area contributed by atoms with Crippen LogP contribution in [0.15, 0.2) is 49.3 Å². The first-order valence-electron chi connectivity index (χ1n) is 11.6. The lowest BCUT2D eigenvalue weighted by Crippen LogP contribution is -2.42. The first-order chi connectivity index (χ1) is 16.9. The molecule has 0 unspecified atom stereocenters. The number of allylic oxidation sites excluding steroid dienone is 1. The number of carbonyl (C=O) groups is 1. The number of hydrogen-bond acceptors (Lipinski definition) is 5. The minimum atomic E-state index is -2.60. The molecule has 10 heteroatoms. The number of alkyl halides is 2. The second-order valence-electron chi connectivity index (χ2n) is 9.25. The molecule has 0 aromatic carbocycles. The van der Waals surface area contributed by atoms with Gasteiger partial charge in [0, 0.05) is 50.0 Å². The Morgan fingerprint density at radius 1 is 1.20 bits per heavy atom. The highest BCUT2D eigenvalue weighted by Gasteiger charge is 2.45. The predicted octanol–water partition coefficient (Wildman–Crippen LogP) is 3.68. The smallest absolute Gasteiger partial charge is 0.255 e. The maximum Gasteiger partial charge on any atom is 0.255 e. The van der Waals surface area contributed by atoms with Crippen molar-refractivity contribution in [3.05, 3.63) is 71.7 Å². The monoisotopic (exact) mass is 475 g/mol. The zero-order valence-corrected chi connectivity index (χ0v) is 19.1. The number of aromatic nitrogens is 6. The summed E-state index contributed by atoms with van der Waals surface area (Å²) in [7, 11) is 1.87. The van der Waals surface area contributed by atoms with Gasteiger partial charge in [-0.15, -0.1) is 0 Å². The fourth-order valence-electron chi connectivity index (χ4n) is 4.96. The van der Waals surface area contributed by atoms with Gasteiger partial charge in [0.05, 0.1) is 34.9 Å². The molecule has 1 N–H and O–H groups in total. The molecule has 0 radical (unpaired) electrons. The number of rotatable bonds is 5. The fraction of sp³-hybridized carbons (Fsp3) is 0.320. The molecular weight excluding hydrogens is 452 g/mol. The van der Waals surface area contributed by atoms with Crippen LogP contribution < -0.4 is 5.32 Å². The largest absolute Gasteiger partial charge is 0.352 e. The number of amides is 1. The summed E-state index contributed by atoms with van der Waals surface area (Å²) in [6.07, 6.45) is 12.1. The maximum atomic E-state index is 13.1. The number of pyridine rings is 1. The van der Waals surface area contributed by atoms with Gasteiger partial charge in [-0.1, -0.05) is 6.08 Å². The molecule has 0 spiro atoms. The second kappa shape index (κ2) is 8.07. The molecule has 0 bridgehead atoms. The molecule has 4 aromatic rings. The first-order valence-corrected chi connectivity index (χ1v) is 11.6. The average Bonchev–Trinajstić information content (AvgIpc) is 3.46. The van der Waals surface area contributed by atoms with E-state index in [0.717, 1.165) is 46.5 Å². The van der Waals surface area contributed by atoms with E-state index in [-0.39, 0.29) is 31.2 Å². The molecule has 1 amide bonds. The third-order valence-electron chi connectivity index (χ3n) is 6.71. The van der Waals surface area contributed by atoms with Crippen molar-refractivity contribution in [2.24, 2.45) is 13.0 Å². The van der Waals surface area contributed by atoms with Crippen LogP contribution in [0.1, 0.15) is 46.4 Å². The van der Waals surface area contributed by atoms with Crippen LogP contribution >= 0.6 is 0 Å². The van der Waals surface area contributed by atoms with E-state index in [4.69, 9.17) is 0 Å². The van der Waals surface area contributed by atoms with Gasteiger partial charge < -0.3 is 5.32 Å². The molecule has 1 saturated carbocycles. The van der Waals surface area contributed by atoms with E-state index < -0.39 is 5.92 Å². The standard InChI is InChI=1S/C25H23F2N7O/c1-33-13-17(11-31-33)23-22-18(3-2-4-20(22)29-14-30-23)16-5-6-34-21(7-16)19(12-32-34)24(35)28-10-15-8-25(26,27)9-15/h3,5-7,11-15H,2,4,8-10H2,1H3,(H,28,35). The van der Waals surface area contributed by atoms with Gasteiger partial charge in [0.1, 0.15) is 6.33 Å². The Hall–Kier alpha value is -3.95. The molecule has 8 nitrogen and oxygen atoms in total. The van der Waals surface area contributed by atoms with E-state index in [9.17, 15) is 13.6 Å². The zero-order chi connectivity index (χ0) is 24.2. The molecule has 4 aromatic heterocycles. The van der Waals surface area contributed by atoms with Crippen LogP contribution in [0.3, 0.4) is 0 Å². The zero-order valence-electron chi connectivity index (χ0n) is 19.1. The van der Waals surface area contributed by atoms with Crippen molar-refractivity contribution in [1.29, 1.82) is 0 Å². The number of halogens is 2. The van der Waals surface area contributed by atoms with Crippen molar-refractivity contribution in [3.8, 4) is 11.3 Å². The van der Waals surface area contributed by atoms with Crippen LogP contribution in [-0.2, 0) is 13.5 Å². The van der Waals surface area contributed by atoms with Gasteiger partial charge in [-0.2, -0.15) is 10.2 Å². The molecule has 6 rings (SSSR count). The molecule has 0 atom stereocenters. The van der Waals surface area contributed by atoms with Crippen molar-refractivity contribution in [1.82, 2.24) is 34.7 Å². The lowest BCUT2D eigenvalue weighted by Gasteiger charge is -2.34. The maximum absolute atomic E-state index is 13.1. The van der Waals surface area contributed by atoms with Gasteiger partial charge in [-0.05, 0) is 42.0 Å². The third-order valence-corrected chi connectivity index (χ3v) is 6.71. The summed E-state index contributed by atoms with van der Waals surface area (Å²) in [5, 5.41) is 11.4. The number of aryl methyl sites for hydroxylation is 2. The Bertz CT molecular complexity index is 1480. The fourth-order valence-corrected chi connectivity index (χ4v) is 4.96. The number of nitrogens with zero attached hydrogens (tertiary/aromatic N) is 6. The highest BCUT2D eigenvalue weighted by Crippen LogP contribution is 2.42. The van der Waals surface area contributed by atoms with E-state index >= 15 is 0 Å². The summed E-state index contributed by atoms with van der Waals surface area (Å²) in [6.45, 7) is 0.232. The number of nitrogens with one attached hydrogen (secondary N) is 1. The second-order valence-corrected chi connectivity index (χ2v) is 9.25. The molecule has 4 heterocycles. The molecule has 35 heavy (non-hydrogen) atoms. The minimum Gasteiger partial charge on any atom is -0.352 e. The Morgan fingerprint density at radius 3 is 2.83 bits per heavy atom. The highest BCUT2D eigenvalue weighted by atomic mass is 19.3. The average molecular weight is 476 g/mol. The van der Waals surface area contributed by atoms with Crippen LogP contribution in [0.25, 0.3) is 22.3 Å². The van der Waals surface area contributed by atoms with E-state index in [0.29, 0.717) is 11.1 Å². The summed E-state index contributed by atoms with van der Waals surface area (Å²) < 4.78 is 29.6. The normalized spacial score (nSPS) is 17.1. The molecule has 1 fully saturated rings. The Labute approximate surface area is 199 Å². The van der Waals surface area contributed by atoms with E-state index in [1.165, 1.54) is 6.20 Å². The van der Waals surface area contributed by atoms with Gasteiger partial charge in [-0.3, -0.25) is 9.48 Å².